The van der Waals surface area contributed by atoms with Gasteiger partial charge in [-0.3, -0.25) is 9.59 Å². The van der Waals surface area contributed by atoms with Gasteiger partial charge in [0.2, 0.25) is 17.7 Å². The van der Waals surface area contributed by atoms with Crippen molar-refractivity contribution < 1.29 is 14.0 Å². The van der Waals surface area contributed by atoms with Gasteiger partial charge in [0.1, 0.15) is 5.52 Å². The lowest BCUT2D eigenvalue weighted by Crippen LogP contribution is -2.52. The van der Waals surface area contributed by atoms with Crippen molar-refractivity contribution in [3.8, 4) is 0 Å². The van der Waals surface area contributed by atoms with Crippen LogP contribution in [0.4, 0.5) is 0 Å². The van der Waals surface area contributed by atoms with Crippen LogP contribution in [0.2, 0.25) is 0 Å². The van der Waals surface area contributed by atoms with Crippen molar-refractivity contribution in [2.45, 2.75) is 20.8 Å². The Kier molecular flexibility index (Phi) is 4.61. The number of hydrogen-bond donors (Lipinski definition) is 0. The number of amides is 2. The number of fused-ring (bicyclic) bond motifs is 1. The second-order valence-electron chi connectivity index (χ2n) is 7.22. The number of oxazole rings is 1. The molecule has 0 aliphatic carbocycles. The zero-order valence-corrected chi connectivity index (χ0v) is 14.9. The van der Waals surface area contributed by atoms with E-state index in [1.54, 1.807) is 11.0 Å². The largest absolute Gasteiger partial charge is 0.437 e. The average Bonchev–Trinajstić information content (AvgIpc) is 3.01. The second-order valence-corrected chi connectivity index (χ2v) is 7.22. The van der Waals surface area contributed by atoms with E-state index in [1.807, 2.05) is 49.9 Å². The minimum Gasteiger partial charge on any atom is -0.437 e. The van der Waals surface area contributed by atoms with E-state index in [-0.39, 0.29) is 17.2 Å². The van der Waals surface area contributed by atoms with E-state index in [4.69, 9.17) is 4.42 Å². The molecular formula is C19H23N3O3. The van der Waals surface area contributed by atoms with Gasteiger partial charge in [-0.25, -0.2) is 4.98 Å². The van der Waals surface area contributed by atoms with E-state index in [0.29, 0.717) is 37.7 Å². The van der Waals surface area contributed by atoms with Crippen LogP contribution in [0.25, 0.3) is 17.2 Å². The quantitative estimate of drug-likeness (QED) is 0.788. The number of carbonyl (C=O) groups excluding carboxylic acids is 2. The van der Waals surface area contributed by atoms with Gasteiger partial charge in [-0.2, -0.15) is 0 Å². The summed E-state index contributed by atoms with van der Waals surface area (Å²) in [6, 6.07) is 7.47. The molecule has 1 aromatic heterocycles. The summed E-state index contributed by atoms with van der Waals surface area (Å²) in [4.78, 5) is 32.5. The topological polar surface area (TPSA) is 66.7 Å². The first-order valence-electron chi connectivity index (χ1n) is 8.46. The molecule has 1 fully saturated rings. The van der Waals surface area contributed by atoms with Gasteiger partial charge in [0.05, 0.1) is 0 Å². The monoisotopic (exact) mass is 341 g/mol. The fraction of sp³-hybridized carbons (Fsp3) is 0.421. The van der Waals surface area contributed by atoms with Crippen LogP contribution in [0.1, 0.15) is 26.7 Å². The molecule has 0 spiro atoms. The van der Waals surface area contributed by atoms with Crippen LogP contribution in [0.15, 0.2) is 34.8 Å². The van der Waals surface area contributed by atoms with E-state index in [9.17, 15) is 9.59 Å². The molecule has 1 aliphatic rings. The summed E-state index contributed by atoms with van der Waals surface area (Å²) in [7, 11) is 0. The molecular weight excluding hydrogens is 318 g/mol. The normalized spacial score (nSPS) is 16.0. The molecule has 3 rings (SSSR count). The third-order valence-electron chi connectivity index (χ3n) is 4.20. The van der Waals surface area contributed by atoms with E-state index in [0.717, 1.165) is 5.52 Å². The predicted molar refractivity (Wildman–Crippen MR) is 95.7 cm³/mol. The number of piperazine rings is 1. The Morgan fingerprint density at radius 2 is 1.72 bits per heavy atom. The highest BCUT2D eigenvalue weighted by Gasteiger charge is 2.30. The maximum absolute atomic E-state index is 12.3. The van der Waals surface area contributed by atoms with E-state index in [1.165, 1.54) is 6.08 Å². The fourth-order valence-electron chi connectivity index (χ4n) is 2.81. The van der Waals surface area contributed by atoms with Crippen molar-refractivity contribution >= 4 is 29.0 Å². The maximum Gasteiger partial charge on any atom is 0.246 e. The number of para-hydroxylation sites is 2. The van der Waals surface area contributed by atoms with Crippen molar-refractivity contribution in [1.29, 1.82) is 0 Å². The average molecular weight is 341 g/mol. The first-order valence-corrected chi connectivity index (χ1v) is 8.46. The molecule has 2 heterocycles. The Hall–Kier alpha value is -2.63. The minimum absolute atomic E-state index is 0.0925. The number of nitrogens with zero attached hydrogens (tertiary/aromatic N) is 3. The summed E-state index contributed by atoms with van der Waals surface area (Å²) in [6.45, 7) is 7.95. The first-order chi connectivity index (χ1) is 11.8. The summed E-state index contributed by atoms with van der Waals surface area (Å²) >= 11 is 0. The molecule has 132 valence electrons. The van der Waals surface area contributed by atoms with Gasteiger partial charge in [0.15, 0.2) is 5.58 Å². The van der Waals surface area contributed by atoms with Gasteiger partial charge < -0.3 is 14.2 Å². The van der Waals surface area contributed by atoms with Crippen molar-refractivity contribution in [3.05, 3.63) is 36.2 Å². The standard InChI is InChI=1S/C19H23N3O3/c1-19(2,3)18(24)22-12-10-21(11-13-22)17(23)9-8-16-20-14-6-4-5-7-15(14)25-16/h4-9H,10-13H2,1-3H3/b9-8+. The predicted octanol–water partition coefficient (Wildman–Crippen LogP) is 2.56. The Labute approximate surface area is 147 Å². The molecule has 0 bridgehead atoms. The van der Waals surface area contributed by atoms with Gasteiger partial charge in [0, 0.05) is 43.7 Å². The minimum atomic E-state index is -0.390. The summed E-state index contributed by atoms with van der Waals surface area (Å²) < 4.78 is 5.57. The van der Waals surface area contributed by atoms with E-state index >= 15 is 0 Å². The van der Waals surface area contributed by atoms with Crippen LogP contribution in [-0.4, -0.2) is 52.8 Å². The number of hydrogen-bond acceptors (Lipinski definition) is 4. The molecule has 6 nitrogen and oxygen atoms in total. The highest BCUT2D eigenvalue weighted by Crippen LogP contribution is 2.19. The summed E-state index contributed by atoms with van der Waals surface area (Å²) in [5.41, 5.74) is 1.08. The molecule has 1 aromatic carbocycles. The zero-order chi connectivity index (χ0) is 18.0. The second kappa shape index (κ2) is 6.70. The molecule has 0 saturated carbocycles. The molecule has 0 radical (unpaired) electrons. The maximum atomic E-state index is 12.3. The van der Waals surface area contributed by atoms with Crippen LogP contribution >= 0.6 is 0 Å². The summed E-state index contributed by atoms with van der Waals surface area (Å²) in [5, 5.41) is 0. The van der Waals surface area contributed by atoms with Gasteiger partial charge in [-0.1, -0.05) is 32.9 Å². The first kappa shape index (κ1) is 17.2. The van der Waals surface area contributed by atoms with Gasteiger partial charge in [0.25, 0.3) is 0 Å². The lowest BCUT2D eigenvalue weighted by atomic mass is 9.94. The lowest BCUT2D eigenvalue weighted by molar-refractivity contribution is -0.143. The molecule has 1 saturated heterocycles. The van der Waals surface area contributed by atoms with Gasteiger partial charge in [-0.15, -0.1) is 0 Å². The van der Waals surface area contributed by atoms with Crippen LogP contribution in [-0.2, 0) is 9.59 Å². The molecule has 0 unspecified atom stereocenters. The van der Waals surface area contributed by atoms with Crippen molar-refractivity contribution in [2.24, 2.45) is 5.41 Å². The fourth-order valence-corrected chi connectivity index (χ4v) is 2.81. The molecule has 6 heteroatoms. The van der Waals surface area contributed by atoms with Gasteiger partial charge >= 0.3 is 0 Å². The number of rotatable bonds is 2. The summed E-state index contributed by atoms with van der Waals surface area (Å²) in [6.07, 6.45) is 3.07. The molecule has 0 atom stereocenters. The molecule has 2 aromatic rings. The van der Waals surface area contributed by atoms with Crippen molar-refractivity contribution in [1.82, 2.24) is 14.8 Å². The number of aromatic nitrogens is 1. The third-order valence-corrected chi connectivity index (χ3v) is 4.20. The molecule has 1 aliphatic heterocycles. The van der Waals surface area contributed by atoms with Crippen LogP contribution in [0.5, 0.6) is 0 Å². The number of carbonyl (C=O) groups is 2. The Bertz CT molecular complexity index is 776. The van der Waals surface area contributed by atoms with E-state index in [2.05, 4.69) is 4.98 Å². The molecule has 0 N–H and O–H groups in total. The van der Waals surface area contributed by atoms with E-state index < -0.39 is 0 Å². The highest BCUT2D eigenvalue weighted by atomic mass is 16.3. The Balaban J connectivity index is 1.58. The van der Waals surface area contributed by atoms with Crippen LogP contribution in [0, 0.1) is 5.41 Å². The van der Waals surface area contributed by atoms with Crippen LogP contribution < -0.4 is 0 Å². The molecule has 2 amide bonds. The zero-order valence-electron chi connectivity index (χ0n) is 14.9. The third kappa shape index (κ3) is 3.90. The SMILES string of the molecule is CC(C)(C)C(=O)N1CCN(C(=O)/C=C/c2nc3ccccc3o2)CC1. The summed E-state index contributed by atoms with van der Waals surface area (Å²) in [5.74, 6) is 0.447. The highest BCUT2D eigenvalue weighted by molar-refractivity contribution is 5.92. The lowest BCUT2D eigenvalue weighted by Gasteiger charge is -2.37. The molecule has 25 heavy (non-hydrogen) atoms. The van der Waals surface area contributed by atoms with Crippen LogP contribution in [0.3, 0.4) is 0 Å². The Morgan fingerprint density at radius 1 is 1.08 bits per heavy atom. The Morgan fingerprint density at radius 3 is 2.36 bits per heavy atom. The van der Waals surface area contributed by atoms with Gasteiger partial charge in [-0.05, 0) is 12.1 Å². The smallest absolute Gasteiger partial charge is 0.246 e. The van der Waals surface area contributed by atoms with Crippen molar-refractivity contribution in [3.63, 3.8) is 0 Å². The number of benzene rings is 1. The van der Waals surface area contributed by atoms with Crippen molar-refractivity contribution in [2.75, 3.05) is 26.2 Å².